The molecule has 0 aromatic carbocycles. The second kappa shape index (κ2) is 5.71. The monoisotopic (exact) mass is 324 g/mol. The molecule has 0 saturated heterocycles. The van der Waals surface area contributed by atoms with Gasteiger partial charge in [0.05, 0.1) is 0 Å². The standard InChI is InChI=1S/C23H32O/c1-4-5-6-16-8-10-20-19-9-7-17-15-18(24)11-13-23(17,3)21(19)12-14-22(16,20)2/h4-5,7,9,15-16,19-21H,6,8,10-14H2,1-3H3/b5-4+. The maximum absolute atomic E-state index is 11.9. The van der Waals surface area contributed by atoms with Gasteiger partial charge in [-0.05, 0) is 91.6 Å². The summed E-state index contributed by atoms with van der Waals surface area (Å²) in [4.78, 5) is 11.9. The number of rotatable bonds is 2. The van der Waals surface area contributed by atoms with Crippen LogP contribution in [0.1, 0.15) is 65.7 Å². The van der Waals surface area contributed by atoms with E-state index >= 15 is 0 Å². The van der Waals surface area contributed by atoms with E-state index in [9.17, 15) is 4.79 Å². The molecule has 0 amide bonds. The number of carbonyl (C=O) groups excluding carboxylic acids is 1. The van der Waals surface area contributed by atoms with E-state index < -0.39 is 0 Å². The topological polar surface area (TPSA) is 17.1 Å². The van der Waals surface area contributed by atoms with Crippen molar-refractivity contribution in [1.82, 2.24) is 0 Å². The molecule has 0 spiro atoms. The normalized spacial score (nSPS) is 47.3. The van der Waals surface area contributed by atoms with Crippen LogP contribution < -0.4 is 0 Å². The van der Waals surface area contributed by atoms with Gasteiger partial charge in [-0.3, -0.25) is 4.79 Å². The lowest BCUT2D eigenvalue weighted by Gasteiger charge is -2.56. The first-order valence-corrected chi connectivity index (χ1v) is 10.0. The summed E-state index contributed by atoms with van der Waals surface area (Å²) in [6.45, 7) is 7.18. The first kappa shape index (κ1) is 16.4. The first-order valence-electron chi connectivity index (χ1n) is 10.0. The molecule has 24 heavy (non-hydrogen) atoms. The molecule has 0 heterocycles. The van der Waals surface area contributed by atoms with E-state index in [2.05, 4.69) is 45.1 Å². The van der Waals surface area contributed by atoms with Gasteiger partial charge < -0.3 is 0 Å². The van der Waals surface area contributed by atoms with Crippen molar-refractivity contribution in [3.63, 3.8) is 0 Å². The molecule has 0 aromatic rings. The van der Waals surface area contributed by atoms with Crippen LogP contribution in [-0.2, 0) is 4.79 Å². The fourth-order valence-electron chi connectivity index (χ4n) is 6.79. The maximum atomic E-state index is 11.9. The summed E-state index contributed by atoms with van der Waals surface area (Å²) in [6, 6.07) is 0. The largest absolute Gasteiger partial charge is 0.295 e. The second-order valence-corrected chi connectivity index (χ2v) is 9.26. The summed E-state index contributed by atoms with van der Waals surface area (Å²) < 4.78 is 0. The molecule has 4 aliphatic carbocycles. The van der Waals surface area contributed by atoms with Crippen molar-refractivity contribution in [1.29, 1.82) is 0 Å². The SMILES string of the molecule is C/C=C/CC1CCC2C3C=CC4=CC(=O)CCC4(C)C3CCC12C. The van der Waals surface area contributed by atoms with Crippen LogP contribution in [0.15, 0.2) is 36.0 Å². The van der Waals surface area contributed by atoms with E-state index in [4.69, 9.17) is 0 Å². The minimum atomic E-state index is 0.246. The molecule has 0 aliphatic heterocycles. The smallest absolute Gasteiger partial charge is 0.156 e. The number of carbonyl (C=O) groups is 1. The highest BCUT2D eigenvalue weighted by atomic mass is 16.1. The summed E-state index contributed by atoms with van der Waals surface area (Å²) in [5, 5.41) is 0. The highest BCUT2D eigenvalue weighted by molar-refractivity contribution is 5.92. The molecule has 6 unspecified atom stereocenters. The van der Waals surface area contributed by atoms with Gasteiger partial charge in [-0.15, -0.1) is 0 Å². The Labute approximate surface area is 147 Å². The van der Waals surface area contributed by atoms with Crippen LogP contribution in [-0.4, -0.2) is 5.78 Å². The van der Waals surface area contributed by atoms with Gasteiger partial charge >= 0.3 is 0 Å². The number of hydrogen-bond acceptors (Lipinski definition) is 1. The molecular weight excluding hydrogens is 292 g/mol. The van der Waals surface area contributed by atoms with E-state index in [1.807, 2.05) is 6.08 Å². The predicted octanol–water partition coefficient (Wildman–Crippen LogP) is 5.88. The average Bonchev–Trinajstić information content (AvgIpc) is 2.90. The van der Waals surface area contributed by atoms with Crippen molar-refractivity contribution in [2.24, 2.45) is 34.5 Å². The van der Waals surface area contributed by atoms with Crippen LogP contribution in [0.2, 0.25) is 0 Å². The van der Waals surface area contributed by atoms with Crippen molar-refractivity contribution >= 4 is 5.78 Å². The average molecular weight is 325 g/mol. The number of fused-ring (bicyclic) bond motifs is 5. The van der Waals surface area contributed by atoms with Crippen LogP contribution >= 0.6 is 0 Å². The number of hydrogen-bond donors (Lipinski definition) is 0. The van der Waals surface area contributed by atoms with Gasteiger partial charge in [-0.25, -0.2) is 0 Å². The third-order valence-corrected chi connectivity index (χ3v) is 8.37. The third-order valence-electron chi connectivity index (χ3n) is 8.37. The molecule has 4 rings (SSSR count). The van der Waals surface area contributed by atoms with E-state index in [0.29, 0.717) is 11.2 Å². The van der Waals surface area contributed by atoms with Crippen molar-refractivity contribution in [2.75, 3.05) is 0 Å². The van der Waals surface area contributed by atoms with Crippen LogP contribution in [0.25, 0.3) is 0 Å². The molecule has 4 aliphatic rings. The Balaban J connectivity index is 1.66. The Hall–Kier alpha value is -1.11. The molecule has 0 bridgehead atoms. The lowest BCUT2D eigenvalue weighted by molar-refractivity contribution is -0.116. The van der Waals surface area contributed by atoms with Gasteiger partial charge in [0.1, 0.15) is 0 Å². The van der Waals surface area contributed by atoms with E-state index in [1.54, 1.807) is 0 Å². The summed E-state index contributed by atoms with van der Waals surface area (Å²) in [5.74, 6) is 3.53. The Bertz CT molecular complexity index is 624. The zero-order valence-electron chi connectivity index (χ0n) is 15.6. The molecule has 1 heteroatoms. The second-order valence-electron chi connectivity index (χ2n) is 9.26. The summed E-state index contributed by atoms with van der Waals surface area (Å²) in [7, 11) is 0. The van der Waals surface area contributed by atoms with Crippen molar-refractivity contribution < 1.29 is 4.79 Å². The third kappa shape index (κ3) is 2.23. The van der Waals surface area contributed by atoms with Crippen LogP contribution in [0.4, 0.5) is 0 Å². The van der Waals surface area contributed by atoms with E-state index in [0.717, 1.165) is 36.5 Å². The molecule has 0 aromatic heterocycles. The van der Waals surface area contributed by atoms with Crippen LogP contribution in [0.5, 0.6) is 0 Å². The van der Waals surface area contributed by atoms with Crippen molar-refractivity contribution in [3.05, 3.63) is 36.0 Å². The van der Waals surface area contributed by atoms with Gasteiger partial charge in [0.2, 0.25) is 0 Å². The zero-order valence-corrected chi connectivity index (χ0v) is 15.6. The molecule has 130 valence electrons. The minimum absolute atomic E-state index is 0.246. The van der Waals surface area contributed by atoms with E-state index in [1.165, 1.54) is 37.7 Å². The number of ketones is 1. The fourth-order valence-corrected chi connectivity index (χ4v) is 6.79. The molecule has 2 saturated carbocycles. The quantitative estimate of drug-likeness (QED) is 0.580. The lowest BCUT2D eigenvalue weighted by atomic mass is 9.48. The minimum Gasteiger partial charge on any atom is -0.295 e. The highest BCUT2D eigenvalue weighted by Crippen LogP contribution is 2.65. The lowest BCUT2D eigenvalue weighted by Crippen LogP contribution is -2.48. The molecule has 0 N–H and O–H groups in total. The van der Waals surface area contributed by atoms with E-state index in [-0.39, 0.29) is 5.41 Å². The summed E-state index contributed by atoms with van der Waals surface area (Å²) in [6.07, 6.45) is 20.0. The van der Waals surface area contributed by atoms with Gasteiger partial charge in [0.15, 0.2) is 5.78 Å². The summed E-state index contributed by atoms with van der Waals surface area (Å²) >= 11 is 0. The Morgan fingerprint density at radius 1 is 1.17 bits per heavy atom. The van der Waals surface area contributed by atoms with Gasteiger partial charge in [0.25, 0.3) is 0 Å². The molecular formula is C23H32O. The summed E-state index contributed by atoms with van der Waals surface area (Å²) in [5.41, 5.74) is 2.09. The van der Waals surface area contributed by atoms with Gasteiger partial charge in [-0.2, -0.15) is 0 Å². The van der Waals surface area contributed by atoms with Gasteiger partial charge in [-0.1, -0.05) is 38.2 Å². The molecule has 6 atom stereocenters. The zero-order chi connectivity index (χ0) is 16.9. The maximum Gasteiger partial charge on any atom is 0.156 e. The van der Waals surface area contributed by atoms with Crippen molar-refractivity contribution in [3.8, 4) is 0 Å². The van der Waals surface area contributed by atoms with Gasteiger partial charge in [0, 0.05) is 6.42 Å². The Kier molecular flexibility index (Phi) is 3.90. The number of allylic oxidation sites excluding steroid dienone is 6. The van der Waals surface area contributed by atoms with Crippen LogP contribution in [0, 0.1) is 34.5 Å². The Morgan fingerprint density at radius 2 is 2.00 bits per heavy atom. The Morgan fingerprint density at radius 3 is 2.79 bits per heavy atom. The highest BCUT2D eigenvalue weighted by Gasteiger charge is 2.57. The molecule has 1 nitrogen and oxygen atoms in total. The molecule has 0 radical (unpaired) electrons. The van der Waals surface area contributed by atoms with Crippen LogP contribution in [0.3, 0.4) is 0 Å². The predicted molar refractivity (Wildman–Crippen MR) is 99.5 cm³/mol. The first-order chi connectivity index (χ1) is 11.5. The van der Waals surface area contributed by atoms with Crippen molar-refractivity contribution in [2.45, 2.75) is 65.7 Å². The molecule has 2 fully saturated rings. The fraction of sp³-hybridized carbons (Fsp3) is 0.696.